The molecule has 0 fully saturated rings. The van der Waals surface area contributed by atoms with Crippen molar-refractivity contribution >= 4 is 11.7 Å². The van der Waals surface area contributed by atoms with E-state index in [1.807, 2.05) is 94.4 Å². The third kappa shape index (κ3) is 5.92. The van der Waals surface area contributed by atoms with E-state index in [9.17, 15) is 4.79 Å². The summed E-state index contributed by atoms with van der Waals surface area (Å²) in [5.41, 5.74) is 1.62. The quantitative estimate of drug-likeness (QED) is 0.338. The fourth-order valence-electron chi connectivity index (χ4n) is 4.24. The van der Waals surface area contributed by atoms with Crippen LogP contribution in [0.2, 0.25) is 0 Å². The second-order valence-electron chi connectivity index (χ2n) is 8.68. The highest BCUT2D eigenvalue weighted by molar-refractivity contribution is 5.98. The van der Waals surface area contributed by atoms with Gasteiger partial charge in [-0.2, -0.15) is 0 Å². The molecular formula is C29H30N4O4. The summed E-state index contributed by atoms with van der Waals surface area (Å²) in [5.74, 6) is 3.39. The van der Waals surface area contributed by atoms with Crippen molar-refractivity contribution < 1.29 is 19.0 Å². The van der Waals surface area contributed by atoms with E-state index in [-0.39, 0.29) is 12.5 Å². The van der Waals surface area contributed by atoms with Crippen LogP contribution in [0.3, 0.4) is 0 Å². The lowest BCUT2D eigenvalue weighted by Gasteiger charge is -2.21. The molecule has 8 heteroatoms. The molecule has 0 aliphatic carbocycles. The molecule has 1 N–H and O–H groups in total. The summed E-state index contributed by atoms with van der Waals surface area (Å²) >= 11 is 0. The van der Waals surface area contributed by atoms with E-state index in [4.69, 9.17) is 19.2 Å². The van der Waals surface area contributed by atoms with Crippen molar-refractivity contribution in [3.63, 3.8) is 0 Å². The van der Waals surface area contributed by atoms with Crippen molar-refractivity contribution in [2.45, 2.75) is 13.2 Å². The van der Waals surface area contributed by atoms with Gasteiger partial charge in [0.05, 0.1) is 6.61 Å². The number of rotatable bonds is 10. The molecule has 0 unspecified atom stereocenters. The number of anilines is 1. The van der Waals surface area contributed by atoms with Crippen LogP contribution < -0.4 is 14.8 Å². The molecule has 2 heterocycles. The Bertz CT molecular complexity index is 1310. The Balaban J connectivity index is 1.37. The fraction of sp³-hybridized carbons (Fsp3) is 0.241. The number of fused-ring (bicyclic) bond motifs is 1. The normalized spacial score (nSPS) is 13.0. The molecule has 1 aliphatic rings. The molecule has 1 amide bonds. The van der Waals surface area contributed by atoms with Crippen LogP contribution in [-0.2, 0) is 17.9 Å². The molecule has 0 radical (unpaired) electrons. The van der Waals surface area contributed by atoms with E-state index in [2.05, 4.69) is 5.32 Å². The minimum Gasteiger partial charge on any atom is -0.486 e. The highest BCUT2D eigenvalue weighted by atomic mass is 16.5. The Kier molecular flexibility index (Phi) is 7.66. The monoisotopic (exact) mass is 498 g/mol. The number of amides is 1. The van der Waals surface area contributed by atoms with Crippen LogP contribution in [0.25, 0.3) is 0 Å². The van der Waals surface area contributed by atoms with Crippen molar-refractivity contribution in [3.05, 3.63) is 102 Å². The molecule has 1 aromatic heterocycles. The Labute approximate surface area is 216 Å². The predicted octanol–water partition coefficient (Wildman–Crippen LogP) is 4.82. The molecule has 0 saturated heterocycles. The van der Waals surface area contributed by atoms with Crippen LogP contribution in [0.5, 0.6) is 17.2 Å². The minimum absolute atomic E-state index is 0.0610. The van der Waals surface area contributed by atoms with Gasteiger partial charge in [0.2, 0.25) is 0 Å². The van der Waals surface area contributed by atoms with Crippen molar-refractivity contribution in [1.82, 2.24) is 14.5 Å². The number of benzene rings is 3. The molecule has 37 heavy (non-hydrogen) atoms. The summed E-state index contributed by atoms with van der Waals surface area (Å²) < 4.78 is 19.1. The van der Waals surface area contributed by atoms with Gasteiger partial charge in [0.15, 0.2) is 11.5 Å². The maximum absolute atomic E-state index is 13.5. The van der Waals surface area contributed by atoms with Gasteiger partial charge in [0, 0.05) is 33.3 Å². The number of hydrogen-bond donors (Lipinski definition) is 1. The molecule has 0 spiro atoms. The van der Waals surface area contributed by atoms with Gasteiger partial charge in [-0.25, -0.2) is 4.98 Å². The van der Waals surface area contributed by atoms with Gasteiger partial charge in [-0.1, -0.05) is 48.5 Å². The van der Waals surface area contributed by atoms with Crippen molar-refractivity contribution in [2.24, 2.45) is 0 Å². The molecule has 0 saturated carbocycles. The lowest BCUT2D eigenvalue weighted by molar-refractivity contribution is 0.0699. The third-order valence-corrected chi connectivity index (χ3v) is 6.13. The first-order valence-electron chi connectivity index (χ1n) is 12.3. The molecule has 0 bridgehead atoms. The van der Waals surface area contributed by atoms with Crippen LogP contribution in [-0.4, -0.2) is 53.7 Å². The lowest BCUT2D eigenvalue weighted by atomic mass is 10.2. The summed E-state index contributed by atoms with van der Waals surface area (Å²) in [4.78, 5) is 20.1. The van der Waals surface area contributed by atoms with Gasteiger partial charge in [-0.15, -0.1) is 0 Å². The zero-order chi connectivity index (χ0) is 25.5. The lowest BCUT2D eigenvalue weighted by Crippen LogP contribution is -2.36. The number of carbonyl (C=O) groups is 1. The van der Waals surface area contributed by atoms with E-state index >= 15 is 0 Å². The van der Waals surface area contributed by atoms with Gasteiger partial charge in [-0.3, -0.25) is 4.79 Å². The first kappa shape index (κ1) is 24.4. The Hall–Kier alpha value is -4.30. The number of nitrogens with zero attached hydrogens (tertiary/aromatic N) is 3. The highest BCUT2D eigenvalue weighted by Crippen LogP contribution is 2.26. The van der Waals surface area contributed by atoms with Gasteiger partial charge in [-0.05, 0) is 42.0 Å². The highest BCUT2D eigenvalue weighted by Gasteiger charge is 2.29. The standard InChI is InChI=1S/C29H30N4O4/c1-35-19-18-32-17-16-30-28-27(29(32)34)33(20-22-8-4-2-5-9-22)26(31-28)21-36-23-12-14-25(15-13-23)37-24-10-6-3-7-11-24/h2-15,30H,16-21H2,1H3. The number of aromatic nitrogens is 2. The zero-order valence-corrected chi connectivity index (χ0v) is 20.8. The predicted molar refractivity (Wildman–Crippen MR) is 141 cm³/mol. The zero-order valence-electron chi connectivity index (χ0n) is 20.8. The molecule has 190 valence electrons. The Morgan fingerprint density at radius 1 is 0.892 bits per heavy atom. The Morgan fingerprint density at radius 3 is 2.30 bits per heavy atom. The van der Waals surface area contributed by atoms with Gasteiger partial charge < -0.3 is 29.0 Å². The molecular weight excluding hydrogens is 468 g/mol. The smallest absolute Gasteiger partial charge is 0.274 e. The number of carbonyl (C=O) groups excluding carboxylic acids is 1. The second kappa shape index (κ2) is 11.6. The first-order chi connectivity index (χ1) is 18.2. The number of nitrogens with one attached hydrogen (secondary N) is 1. The van der Waals surface area contributed by atoms with E-state index in [1.54, 1.807) is 7.11 Å². The summed E-state index contributed by atoms with van der Waals surface area (Å²) in [7, 11) is 1.64. The minimum atomic E-state index is -0.0610. The number of para-hydroxylation sites is 1. The van der Waals surface area contributed by atoms with E-state index in [0.717, 1.165) is 17.1 Å². The van der Waals surface area contributed by atoms with Gasteiger partial charge in [0.25, 0.3) is 5.91 Å². The number of hydrogen-bond acceptors (Lipinski definition) is 6. The SMILES string of the molecule is COCCN1CCNc2nc(COc3ccc(Oc4ccccc4)cc3)n(Cc3ccccc3)c2C1=O. The third-order valence-electron chi connectivity index (χ3n) is 6.13. The number of ether oxygens (including phenoxy) is 3. The summed E-state index contributed by atoms with van der Waals surface area (Å²) in [6.45, 7) is 2.94. The maximum atomic E-state index is 13.5. The average Bonchev–Trinajstić information content (AvgIpc) is 3.19. The van der Waals surface area contributed by atoms with Crippen LogP contribution in [0.1, 0.15) is 21.9 Å². The van der Waals surface area contributed by atoms with E-state index in [1.165, 1.54) is 0 Å². The fourth-order valence-corrected chi connectivity index (χ4v) is 4.24. The van der Waals surface area contributed by atoms with Crippen LogP contribution in [0.4, 0.5) is 5.82 Å². The molecule has 8 nitrogen and oxygen atoms in total. The number of imidazole rings is 1. The summed E-state index contributed by atoms with van der Waals surface area (Å²) in [6.07, 6.45) is 0. The Morgan fingerprint density at radius 2 is 1.57 bits per heavy atom. The molecule has 1 aliphatic heterocycles. The molecule has 3 aromatic carbocycles. The molecule has 0 atom stereocenters. The number of methoxy groups -OCH3 is 1. The summed E-state index contributed by atoms with van der Waals surface area (Å²) in [6, 6.07) is 27.1. The first-order valence-corrected chi connectivity index (χ1v) is 12.3. The van der Waals surface area contributed by atoms with Crippen LogP contribution in [0.15, 0.2) is 84.9 Å². The second-order valence-corrected chi connectivity index (χ2v) is 8.68. The maximum Gasteiger partial charge on any atom is 0.274 e. The largest absolute Gasteiger partial charge is 0.486 e. The molecule has 4 aromatic rings. The van der Waals surface area contributed by atoms with Crippen LogP contribution >= 0.6 is 0 Å². The average molecular weight is 499 g/mol. The topological polar surface area (TPSA) is 77.9 Å². The van der Waals surface area contributed by atoms with Gasteiger partial charge >= 0.3 is 0 Å². The van der Waals surface area contributed by atoms with Gasteiger partial charge in [0.1, 0.15) is 29.7 Å². The summed E-state index contributed by atoms with van der Waals surface area (Å²) in [5, 5.41) is 3.33. The van der Waals surface area contributed by atoms with E-state index < -0.39 is 0 Å². The van der Waals surface area contributed by atoms with Crippen molar-refractivity contribution in [2.75, 3.05) is 38.7 Å². The van der Waals surface area contributed by atoms with Crippen LogP contribution in [0, 0.1) is 0 Å². The molecule has 5 rings (SSSR count). The van der Waals surface area contributed by atoms with Crippen molar-refractivity contribution in [1.29, 1.82) is 0 Å². The van der Waals surface area contributed by atoms with E-state index in [0.29, 0.717) is 55.9 Å². The van der Waals surface area contributed by atoms with Crippen molar-refractivity contribution in [3.8, 4) is 17.2 Å².